The minimum Gasteiger partial charge on any atom is -0.315 e. The number of benzene rings is 1. The van der Waals surface area contributed by atoms with Crippen LogP contribution in [-0.4, -0.2) is 11.3 Å². The van der Waals surface area contributed by atoms with Crippen LogP contribution in [0.15, 0.2) is 24.3 Å². The second kappa shape index (κ2) is 3.24. The Labute approximate surface area is 79.2 Å². The topological polar surface area (TPSA) is 56.0 Å². The Hall–Kier alpha value is -1.26. The molecule has 1 atom stereocenters. The zero-order chi connectivity index (χ0) is 9.26. The van der Waals surface area contributed by atoms with E-state index in [1.807, 2.05) is 24.3 Å². The molecule has 2 aromatic rings. The monoisotopic (exact) mass is 191 g/mol. The highest BCUT2D eigenvalue weighted by atomic mass is 32.1. The van der Waals surface area contributed by atoms with Crippen LogP contribution in [0.25, 0.3) is 10.2 Å². The Morgan fingerprint density at radius 2 is 2.23 bits per heavy atom. The molecule has 1 heterocycles. The predicted octanol–water partition coefficient (Wildman–Crippen LogP) is 1.41. The first-order valence-corrected chi connectivity index (χ1v) is 4.61. The summed E-state index contributed by atoms with van der Waals surface area (Å²) < 4.78 is 1.04. The maximum absolute atomic E-state index is 10.3. The predicted molar refractivity (Wildman–Crippen MR) is 52.2 cm³/mol. The summed E-state index contributed by atoms with van der Waals surface area (Å²) in [5.41, 5.74) is 6.37. The van der Waals surface area contributed by atoms with Crippen molar-refractivity contribution in [2.45, 2.75) is 6.04 Å². The van der Waals surface area contributed by atoms with Gasteiger partial charge < -0.3 is 5.73 Å². The Bertz CT molecular complexity index is 405. The third kappa shape index (κ3) is 1.46. The smallest absolute Gasteiger partial charge is 0.224 e. The Kier molecular flexibility index (Phi) is 2.08. The number of nitrogens with zero attached hydrogens (tertiary/aromatic N) is 1. The van der Waals surface area contributed by atoms with Gasteiger partial charge in [-0.1, -0.05) is 12.1 Å². The van der Waals surface area contributed by atoms with Gasteiger partial charge in [0.25, 0.3) is 0 Å². The SMILES string of the molecule is N[C@H]([C]=O)c1nc2ccccc2s1. The molecule has 0 fully saturated rings. The van der Waals surface area contributed by atoms with E-state index in [0.29, 0.717) is 5.01 Å². The maximum Gasteiger partial charge on any atom is 0.224 e. The molecule has 0 aliphatic rings. The molecule has 13 heavy (non-hydrogen) atoms. The Morgan fingerprint density at radius 3 is 2.92 bits per heavy atom. The average molecular weight is 191 g/mol. The lowest BCUT2D eigenvalue weighted by atomic mass is 10.3. The van der Waals surface area contributed by atoms with Crippen LogP contribution in [0.5, 0.6) is 0 Å². The van der Waals surface area contributed by atoms with E-state index in [4.69, 9.17) is 5.73 Å². The lowest BCUT2D eigenvalue weighted by Gasteiger charge is -1.92. The zero-order valence-electron chi connectivity index (χ0n) is 6.73. The summed E-state index contributed by atoms with van der Waals surface area (Å²) in [6.45, 7) is 0. The van der Waals surface area contributed by atoms with E-state index >= 15 is 0 Å². The van der Waals surface area contributed by atoms with Gasteiger partial charge >= 0.3 is 0 Å². The standard InChI is InChI=1S/C9H7N2OS/c10-6(5-12)9-11-7-3-1-2-4-8(7)13-9/h1-4,6H,10H2/t6-/m1/s1. The molecule has 65 valence electrons. The van der Waals surface area contributed by atoms with Crippen molar-refractivity contribution in [3.05, 3.63) is 29.3 Å². The molecule has 1 radical (unpaired) electrons. The summed E-state index contributed by atoms with van der Waals surface area (Å²) in [6, 6.07) is 6.97. The molecule has 4 heteroatoms. The average Bonchev–Trinajstić information content (AvgIpc) is 2.59. The quantitative estimate of drug-likeness (QED) is 0.780. The molecular formula is C9H7N2OS. The Balaban J connectivity index is 2.55. The van der Waals surface area contributed by atoms with Gasteiger partial charge in [0.05, 0.1) is 10.2 Å². The lowest BCUT2D eigenvalue weighted by Crippen LogP contribution is -2.10. The first kappa shape index (κ1) is 8.34. The number of hydrogen-bond donors (Lipinski definition) is 1. The fourth-order valence-electron chi connectivity index (χ4n) is 1.07. The third-order valence-electron chi connectivity index (χ3n) is 1.70. The van der Waals surface area contributed by atoms with E-state index in [9.17, 15) is 4.79 Å². The van der Waals surface area contributed by atoms with E-state index in [1.165, 1.54) is 11.3 Å². The summed E-state index contributed by atoms with van der Waals surface area (Å²) in [6.07, 6.45) is 1.72. The van der Waals surface area contributed by atoms with Crippen LogP contribution in [0.1, 0.15) is 11.0 Å². The number of hydrogen-bond acceptors (Lipinski definition) is 4. The molecule has 1 aromatic carbocycles. The highest BCUT2D eigenvalue weighted by Gasteiger charge is 2.10. The molecule has 3 nitrogen and oxygen atoms in total. The maximum atomic E-state index is 10.3. The molecule has 1 aromatic heterocycles. The van der Waals surface area contributed by atoms with E-state index in [2.05, 4.69) is 4.98 Å². The number of thiazole rings is 1. The molecule has 2 N–H and O–H groups in total. The van der Waals surface area contributed by atoms with Gasteiger partial charge in [-0.05, 0) is 12.1 Å². The summed E-state index contributed by atoms with van der Waals surface area (Å²) in [5.74, 6) is 0. The number of fused-ring (bicyclic) bond motifs is 1. The first-order valence-electron chi connectivity index (χ1n) is 3.80. The third-order valence-corrected chi connectivity index (χ3v) is 2.82. The van der Waals surface area contributed by atoms with Crippen molar-refractivity contribution in [2.24, 2.45) is 5.73 Å². The molecule has 0 saturated carbocycles. The molecule has 0 aliphatic carbocycles. The van der Waals surface area contributed by atoms with Crippen molar-refractivity contribution in [1.29, 1.82) is 0 Å². The van der Waals surface area contributed by atoms with Gasteiger partial charge in [-0.2, -0.15) is 0 Å². The van der Waals surface area contributed by atoms with Crippen LogP contribution in [-0.2, 0) is 4.79 Å². The van der Waals surface area contributed by atoms with E-state index < -0.39 is 6.04 Å². The summed E-state index contributed by atoms with van der Waals surface area (Å²) in [7, 11) is 0. The van der Waals surface area contributed by atoms with E-state index in [-0.39, 0.29) is 0 Å². The van der Waals surface area contributed by atoms with Crippen LogP contribution in [0.3, 0.4) is 0 Å². The molecule has 0 unspecified atom stereocenters. The van der Waals surface area contributed by atoms with Crippen molar-refractivity contribution < 1.29 is 4.79 Å². The summed E-state index contributed by atoms with van der Waals surface area (Å²) in [4.78, 5) is 14.5. The molecule has 0 amide bonds. The molecule has 0 aliphatic heterocycles. The lowest BCUT2D eigenvalue weighted by molar-refractivity contribution is 0.544. The van der Waals surface area contributed by atoms with Crippen LogP contribution in [0, 0.1) is 0 Å². The molecule has 0 bridgehead atoms. The van der Waals surface area contributed by atoms with Crippen LogP contribution >= 0.6 is 11.3 Å². The van der Waals surface area contributed by atoms with E-state index in [0.717, 1.165) is 10.2 Å². The first-order chi connectivity index (χ1) is 6.31. The second-order valence-electron chi connectivity index (χ2n) is 2.62. The van der Waals surface area contributed by atoms with E-state index in [1.54, 1.807) is 6.29 Å². The van der Waals surface area contributed by atoms with Gasteiger partial charge in [0.15, 0.2) is 0 Å². The van der Waals surface area contributed by atoms with Crippen molar-refractivity contribution >= 4 is 27.8 Å². The van der Waals surface area contributed by atoms with Gasteiger partial charge in [0.1, 0.15) is 11.0 Å². The van der Waals surface area contributed by atoms with Gasteiger partial charge in [-0.15, -0.1) is 11.3 Å². The van der Waals surface area contributed by atoms with Gasteiger partial charge in [-0.25, -0.2) is 4.98 Å². The highest BCUT2D eigenvalue weighted by Crippen LogP contribution is 2.24. The number of rotatable bonds is 2. The molecular weight excluding hydrogens is 184 g/mol. The highest BCUT2D eigenvalue weighted by molar-refractivity contribution is 7.18. The largest absolute Gasteiger partial charge is 0.315 e. The molecule has 0 saturated heterocycles. The van der Waals surface area contributed by atoms with Crippen LogP contribution in [0.4, 0.5) is 0 Å². The van der Waals surface area contributed by atoms with Crippen molar-refractivity contribution in [1.82, 2.24) is 4.98 Å². The molecule has 0 spiro atoms. The van der Waals surface area contributed by atoms with Crippen LogP contribution < -0.4 is 5.73 Å². The minimum atomic E-state index is -0.711. The van der Waals surface area contributed by atoms with Crippen LogP contribution in [0.2, 0.25) is 0 Å². The molecule has 2 rings (SSSR count). The fraction of sp³-hybridized carbons (Fsp3) is 0.111. The zero-order valence-corrected chi connectivity index (χ0v) is 7.54. The number of nitrogens with two attached hydrogens (primary N) is 1. The van der Waals surface area contributed by atoms with Crippen molar-refractivity contribution in [3.8, 4) is 0 Å². The Morgan fingerprint density at radius 1 is 1.46 bits per heavy atom. The van der Waals surface area contributed by atoms with Crippen molar-refractivity contribution in [3.63, 3.8) is 0 Å². The fourth-order valence-corrected chi connectivity index (χ4v) is 1.98. The summed E-state index contributed by atoms with van der Waals surface area (Å²) >= 11 is 1.43. The van der Waals surface area contributed by atoms with Gasteiger partial charge in [0.2, 0.25) is 6.29 Å². The number of para-hydroxylation sites is 1. The minimum absolute atomic E-state index is 0.621. The summed E-state index contributed by atoms with van der Waals surface area (Å²) in [5, 5.41) is 0.621. The van der Waals surface area contributed by atoms with Gasteiger partial charge in [0, 0.05) is 0 Å². The number of aromatic nitrogens is 1. The number of carbonyl (C=O) groups excluding carboxylic acids is 1. The normalized spacial score (nSPS) is 13.0. The second-order valence-corrected chi connectivity index (χ2v) is 3.68. The van der Waals surface area contributed by atoms with Gasteiger partial charge in [-0.3, -0.25) is 4.79 Å². The van der Waals surface area contributed by atoms with Crippen molar-refractivity contribution in [2.75, 3.05) is 0 Å².